The number of thiophene rings is 1. The summed E-state index contributed by atoms with van der Waals surface area (Å²) >= 11 is 1.62. The average Bonchev–Trinajstić information content (AvgIpc) is 2.83. The highest BCUT2D eigenvalue weighted by molar-refractivity contribution is 7.12. The highest BCUT2D eigenvalue weighted by atomic mass is 32.1. The number of amides is 1. The fourth-order valence-corrected chi connectivity index (χ4v) is 2.51. The summed E-state index contributed by atoms with van der Waals surface area (Å²) in [5.41, 5.74) is 0.0375. The molecule has 1 saturated carbocycles. The Bertz CT molecular complexity index is 465. The van der Waals surface area contributed by atoms with Gasteiger partial charge in [0.25, 0.3) is 5.91 Å². The van der Waals surface area contributed by atoms with E-state index in [2.05, 4.69) is 10.5 Å². The van der Waals surface area contributed by atoms with Crippen LogP contribution in [0.15, 0.2) is 22.7 Å². The summed E-state index contributed by atoms with van der Waals surface area (Å²) in [4.78, 5) is 18.5. The number of oxime groups is 1. The fourth-order valence-electron chi connectivity index (χ4n) is 1.80. The summed E-state index contributed by atoms with van der Waals surface area (Å²) in [6, 6.07) is 4.33. The first-order valence-corrected chi connectivity index (χ1v) is 6.65. The van der Waals surface area contributed by atoms with Crippen LogP contribution in [0, 0.1) is 0 Å². The van der Waals surface area contributed by atoms with E-state index < -0.39 is 5.60 Å². The third-order valence-corrected chi connectivity index (χ3v) is 3.98. The minimum atomic E-state index is -0.831. The fraction of sp³-hybridized carbons (Fsp3) is 0.500. The van der Waals surface area contributed by atoms with Crippen molar-refractivity contribution in [2.75, 3.05) is 0 Å². The third kappa shape index (κ3) is 2.07. The SMILES string of the molecule is C[C@]1(C(=O)NC2CC2)CC(c2cccs2)=NO1. The molecule has 0 radical (unpaired) electrons. The zero-order chi connectivity index (χ0) is 11.9. The maximum absolute atomic E-state index is 12.0. The van der Waals surface area contributed by atoms with Crippen LogP contribution < -0.4 is 5.32 Å². The summed E-state index contributed by atoms with van der Waals surface area (Å²) in [7, 11) is 0. The minimum Gasteiger partial charge on any atom is -0.379 e. The number of carbonyl (C=O) groups excluding carboxylic acids is 1. The molecule has 0 unspecified atom stereocenters. The first-order chi connectivity index (χ1) is 8.17. The molecule has 1 aromatic heterocycles. The lowest BCUT2D eigenvalue weighted by molar-refractivity contribution is -0.141. The van der Waals surface area contributed by atoms with Crippen LogP contribution in [0.2, 0.25) is 0 Å². The summed E-state index contributed by atoms with van der Waals surface area (Å²) in [6.45, 7) is 1.80. The predicted octanol–water partition coefficient (Wildman–Crippen LogP) is 1.91. The molecule has 90 valence electrons. The molecule has 0 bridgehead atoms. The van der Waals surface area contributed by atoms with Gasteiger partial charge in [-0.15, -0.1) is 11.3 Å². The molecule has 0 saturated heterocycles. The van der Waals surface area contributed by atoms with E-state index in [0.29, 0.717) is 12.5 Å². The molecule has 3 rings (SSSR count). The quantitative estimate of drug-likeness (QED) is 0.891. The van der Waals surface area contributed by atoms with Crippen molar-refractivity contribution in [3.05, 3.63) is 22.4 Å². The lowest BCUT2D eigenvalue weighted by Crippen LogP contribution is -2.45. The van der Waals surface area contributed by atoms with Gasteiger partial charge in [0.05, 0.1) is 4.88 Å². The van der Waals surface area contributed by atoms with E-state index in [4.69, 9.17) is 4.84 Å². The van der Waals surface area contributed by atoms with Gasteiger partial charge in [0, 0.05) is 12.5 Å². The zero-order valence-corrected chi connectivity index (χ0v) is 10.4. The van der Waals surface area contributed by atoms with E-state index in [1.807, 2.05) is 17.5 Å². The van der Waals surface area contributed by atoms with Crippen LogP contribution in [0.5, 0.6) is 0 Å². The van der Waals surface area contributed by atoms with Gasteiger partial charge in [0.15, 0.2) is 0 Å². The van der Waals surface area contributed by atoms with Crippen LogP contribution >= 0.6 is 11.3 Å². The second kappa shape index (κ2) is 3.84. The van der Waals surface area contributed by atoms with Crippen LogP contribution in [-0.2, 0) is 9.63 Å². The van der Waals surface area contributed by atoms with E-state index in [-0.39, 0.29) is 5.91 Å². The molecule has 4 nitrogen and oxygen atoms in total. The monoisotopic (exact) mass is 250 g/mol. The van der Waals surface area contributed by atoms with Crippen LogP contribution in [0.4, 0.5) is 0 Å². The average molecular weight is 250 g/mol. The van der Waals surface area contributed by atoms with E-state index in [1.165, 1.54) is 0 Å². The Labute approximate surface area is 104 Å². The molecular formula is C12H14N2O2S. The Morgan fingerprint density at radius 1 is 1.65 bits per heavy atom. The molecule has 5 heteroatoms. The summed E-state index contributed by atoms with van der Waals surface area (Å²) in [5, 5.41) is 9.01. The molecule has 0 spiro atoms. The number of nitrogens with zero attached hydrogens (tertiary/aromatic N) is 1. The Morgan fingerprint density at radius 2 is 2.47 bits per heavy atom. The van der Waals surface area contributed by atoms with Crippen molar-refractivity contribution in [2.24, 2.45) is 5.16 Å². The van der Waals surface area contributed by atoms with Crippen molar-refractivity contribution in [3.8, 4) is 0 Å². The summed E-state index contributed by atoms with van der Waals surface area (Å²) < 4.78 is 0. The number of rotatable bonds is 3. The first-order valence-electron chi connectivity index (χ1n) is 5.77. The molecule has 17 heavy (non-hydrogen) atoms. The molecule has 1 N–H and O–H groups in total. The number of nitrogens with one attached hydrogen (secondary N) is 1. The third-order valence-electron chi connectivity index (χ3n) is 3.06. The lowest BCUT2D eigenvalue weighted by Gasteiger charge is -2.20. The first kappa shape index (κ1) is 10.8. The Balaban J connectivity index is 1.69. The van der Waals surface area contributed by atoms with E-state index in [1.54, 1.807) is 18.3 Å². The molecule has 1 fully saturated rings. The molecule has 2 aliphatic rings. The number of hydrogen-bond donors (Lipinski definition) is 1. The van der Waals surface area contributed by atoms with Gasteiger partial charge in [-0.1, -0.05) is 11.2 Å². The van der Waals surface area contributed by atoms with Crippen LogP contribution in [0.1, 0.15) is 31.1 Å². The van der Waals surface area contributed by atoms with Crippen LogP contribution in [0.3, 0.4) is 0 Å². The summed E-state index contributed by atoms with van der Waals surface area (Å²) in [6.07, 6.45) is 2.72. The Kier molecular flexibility index (Phi) is 2.43. The molecule has 0 aromatic carbocycles. The van der Waals surface area contributed by atoms with Crippen molar-refractivity contribution < 1.29 is 9.63 Å². The van der Waals surface area contributed by atoms with Crippen molar-refractivity contribution in [1.82, 2.24) is 5.32 Å². The molecular weight excluding hydrogens is 236 g/mol. The normalized spacial score (nSPS) is 27.5. The Hall–Kier alpha value is -1.36. The predicted molar refractivity (Wildman–Crippen MR) is 66.1 cm³/mol. The topological polar surface area (TPSA) is 50.7 Å². The highest BCUT2D eigenvalue weighted by Crippen LogP contribution is 2.29. The largest absolute Gasteiger partial charge is 0.379 e. The van der Waals surface area contributed by atoms with Crippen molar-refractivity contribution in [1.29, 1.82) is 0 Å². The molecule has 1 aliphatic carbocycles. The summed E-state index contributed by atoms with van der Waals surface area (Å²) in [5.74, 6) is -0.0460. The molecule has 2 heterocycles. The van der Waals surface area contributed by atoms with E-state index in [9.17, 15) is 4.79 Å². The zero-order valence-electron chi connectivity index (χ0n) is 9.60. The highest BCUT2D eigenvalue weighted by Gasteiger charge is 2.44. The van der Waals surface area contributed by atoms with E-state index >= 15 is 0 Å². The van der Waals surface area contributed by atoms with Crippen LogP contribution in [-0.4, -0.2) is 23.3 Å². The van der Waals surface area contributed by atoms with Gasteiger partial charge < -0.3 is 10.2 Å². The van der Waals surface area contributed by atoms with Gasteiger partial charge in [-0.05, 0) is 31.2 Å². The Morgan fingerprint density at radius 3 is 3.12 bits per heavy atom. The van der Waals surface area contributed by atoms with Crippen molar-refractivity contribution in [3.63, 3.8) is 0 Å². The second-order valence-electron chi connectivity index (χ2n) is 4.76. The lowest BCUT2D eigenvalue weighted by atomic mass is 9.98. The minimum absolute atomic E-state index is 0.0460. The molecule has 1 amide bonds. The van der Waals surface area contributed by atoms with Crippen molar-refractivity contribution in [2.45, 2.75) is 37.8 Å². The maximum Gasteiger partial charge on any atom is 0.267 e. The number of carbonyl (C=O) groups is 1. The van der Waals surface area contributed by atoms with E-state index in [0.717, 1.165) is 23.4 Å². The molecule has 1 atom stereocenters. The second-order valence-corrected chi connectivity index (χ2v) is 5.71. The van der Waals surface area contributed by atoms with Gasteiger partial charge in [-0.3, -0.25) is 4.79 Å². The van der Waals surface area contributed by atoms with Gasteiger partial charge in [-0.25, -0.2) is 0 Å². The van der Waals surface area contributed by atoms with Gasteiger partial charge in [0.2, 0.25) is 5.60 Å². The number of hydrogen-bond acceptors (Lipinski definition) is 4. The smallest absolute Gasteiger partial charge is 0.267 e. The van der Waals surface area contributed by atoms with Gasteiger partial charge in [0.1, 0.15) is 5.71 Å². The maximum atomic E-state index is 12.0. The van der Waals surface area contributed by atoms with Gasteiger partial charge >= 0.3 is 0 Å². The van der Waals surface area contributed by atoms with Crippen molar-refractivity contribution >= 4 is 23.0 Å². The standard InChI is InChI=1S/C12H14N2O2S/c1-12(11(15)13-8-4-5-8)7-9(14-16-12)10-3-2-6-17-10/h2-3,6,8H,4-5,7H2,1H3,(H,13,15)/t12-/m1/s1. The van der Waals surface area contributed by atoms with Gasteiger partial charge in [-0.2, -0.15) is 0 Å². The van der Waals surface area contributed by atoms with Crippen LogP contribution in [0.25, 0.3) is 0 Å². The molecule has 1 aliphatic heterocycles. The molecule has 1 aromatic rings.